The largest absolute Gasteiger partial charge is 0.480 e. The van der Waals surface area contributed by atoms with Crippen LogP contribution in [0.1, 0.15) is 72.9 Å². The van der Waals surface area contributed by atoms with Gasteiger partial charge in [-0.2, -0.15) is 5.26 Å². The van der Waals surface area contributed by atoms with Crippen LogP contribution in [0.15, 0.2) is 46.1 Å². The van der Waals surface area contributed by atoms with Crippen LogP contribution in [-0.2, 0) is 10.8 Å². The van der Waals surface area contributed by atoms with Crippen molar-refractivity contribution in [2.45, 2.75) is 63.6 Å². The molecule has 2 fully saturated rings. The molecule has 4 atom stereocenters. The first kappa shape index (κ1) is 30.0. The number of aliphatic imine (C=N–C) groups is 1. The minimum absolute atomic E-state index is 0.149. The first-order valence-corrected chi connectivity index (χ1v) is 16.0. The number of piperazine rings is 1. The molecule has 2 aliphatic heterocycles. The van der Waals surface area contributed by atoms with E-state index in [1.807, 2.05) is 25.3 Å². The smallest absolute Gasteiger partial charge is 0.275 e. The van der Waals surface area contributed by atoms with Crippen molar-refractivity contribution in [1.82, 2.24) is 25.5 Å². The second-order valence-electron chi connectivity index (χ2n) is 11.9. The van der Waals surface area contributed by atoms with E-state index in [0.29, 0.717) is 41.2 Å². The Kier molecular flexibility index (Phi) is 8.87. The zero-order chi connectivity index (χ0) is 30.0. The Morgan fingerprint density at radius 1 is 1.36 bits per heavy atom. The predicted octanol–water partition coefficient (Wildman–Crippen LogP) is 3.43. The minimum Gasteiger partial charge on any atom is -0.480 e. The van der Waals surface area contributed by atoms with Crippen molar-refractivity contribution in [3.63, 3.8) is 0 Å². The van der Waals surface area contributed by atoms with E-state index in [2.05, 4.69) is 44.6 Å². The number of nitrogens with one attached hydrogen (secondary N) is 2. The third kappa shape index (κ3) is 6.94. The Morgan fingerprint density at radius 3 is 2.76 bits per heavy atom. The van der Waals surface area contributed by atoms with Crippen LogP contribution in [-0.4, -0.2) is 75.8 Å². The highest BCUT2D eigenvalue weighted by Gasteiger charge is 2.30. The van der Waals surface area contributed by atoms with Crippen molar-refractivity contribution in [2.24, 2.45) is 10.4 Å². The summed E-state index contributed by atoms with van der Waals surface area (Å²) in [7, 11) is -1.53. The zero-order valence-electron chi connectivity index (χ0n) is 24.9. The molecule has 2 unspecified atom stereocenters. The number of aromatic nitrogens is 2. The molecule has 2 N–H and O–H groups in total. The SMILES string of the molecule is CC1=CC(C)(C#N)CN=C1NC(=O)c1nc(S(C)=O)c(O[C@H](CN2CCN[C@H](C)C2)c2ccc(C3CC3)cn2)cc1C. The summed E-state index contributed by atoms with van der Waals surface area (Å²) >= 11 is 0. The van der Waals surface area contributed by atoms with Crippen LogP contribution in [0.3, 0.4) is 0 Å². The van der Waals surface area contributed by atoms with E-state index < -0.39 is 28.2 Å². The molecule has 0 spiro atoms. The minimum atomic E-state index is -1.53. The molecule has 0 aromatic carbocycles. The number of rotatable bonds is 8. The van der Waals surface area contributed by atoms with Crippen LogP contribution in [0.2, 0.25) is 0 Å². The molecule has 2 aromatic rings. The van der Waals surface area contributed by atoms with Crippen molar-refractivity contribution in [1.29, 1.82) is 5.26 Å². The fraction of sp³-hybridized carbons (Fsp3) is 0.516. The van der Waals surface area contributed by atoms with Crippen LogP contribution >= 0.6 is 0 Å². The quantitative estimate of drug-likeness (QED) is 0.479. The van der Waals surface area contributed by atoms with E-state index in [0.717, 1.165) is 25.3 Å². The highest BCUT2D eigenvalue weighted by Crippen LogP contribution is 2.40. The summed E-state index contributed by atoms with van der Waals surface area (Å²) in [5.74, 6) is 0.928. The summed E-state index contributed by atoms with van der Waals surface area (Å²) in [4.78, 5) is 29.4. The molecule has 1 amide bonds. The number of carbonyl (C=O) groups excluding carboxylic acids is 1. The Morgan fingerprint density at radius 2 is 2.14 bits per heavy atom. The number of amides is 1. The number of ether oxygens (including phenoxy) is 1. The lowest BCUT2D eigenvalue weighted by Gasteiger charge is -2.34. The zero-order valence-corrected chi connectivity index (χ0v) is 25.8. The number of amidine groups is 1. The molecule has 10 nitrogen and oxygen atoms in total. The molecule has 1 aliphatic carbocycles. The molecule has 2 aromatic heterocycles. The molecule has 3 aliphatic rings. The fourth-order valence-electron chi connectivity index (χ4n) is 5.45. The summed E-state index contributed by atoms with van der Waals surface area (Å²) in [5, 5.41) is 15.9. The number of hydrogen-bond acceptors (Lipinski definition) is 9. The Bertz CT molecular complexity index is 1480. The number of hydrogen-bond donors (Lipinski definition) is 2. The molecule has 1 saturated heterocycles. The summed E-state index contributed by atoms with van der Waals surface area (Å²) in [6.07, 6.45) is 7.29. The van der Waals surface area contributed by atoms with Gasteiger partial charge in [0.25, 0.3) is 5.91 Å². The highest BCUT2D eigenvalue weighted by molar-refractivity contribution is 7.84. The van der Waals surface area contributed by atoms with Gasteiger partial charge >= 0.3 is 0 Å². The van der Waals surface area contributed by atoms with Gasteiger partial charge in [-0.05, 0) is 75.3 Å². The van der Waals surface area contributed by atoms with Gasteiger partial charge in [-0.3, -0.25) is 23.9 Å². The van der Waals surface area contributed by atoms with Crippen LogP contribution < -0.4 is 15.4 Å². The number of aryl methyl sites for hydroxylation is 1. The standard InChI is InChI=1S/C31H39N7O3S/c1-19-12-25(30(42(5)40)36-27(19)29(39)37-28-20(2)13-31(4,17-32)18-35-28)41-26(16-38-11-10-33-21(3)15-38)24-9-8-23(14-34-24)22-6-7-22/h8-9,12-14,21-22,26,33H,6-7,10-11,15-16,18H2,1-5H3,(H,35,37,39)/t21-,26-,31?,42?/m1/s1. The maximum Gasteiger partial charge on any atom is 0.275 e. The molecule has 4 heterocycles. The third-order valence-electron chi connectivity index (χ3n) is 7.93. The van der Waals surface area contributed by atoms with Crippen molar-refractivity contribution in [3.05, 3.63) is 58.6 Å². The van der Waals surface area contributed by atoms with Gasteiger partial charge in [0.2, 0.25) is 0 Å². The molecular weight excluding hydrogens is 550 g/mol. The summed E-state index contributed by atoms with van der Waals surface area (Å²) < 4.78 is 19.5. The van der Waals surface area contributed by atoms with Gasteiger partial charge in [0, 0.05) is 44.7 Å². The van der Waals surface area contributed by atoms with Crippen LogP contribution in [0, 0.1) is 23.7 Å². The molecule has 222 valence electrons. The van der Waals surface area contributed by atoms with E-state index in [1.165, 1.54) is 24.7 Å². The highest BCUT2D eigenvalue weighted by atomic mass is 32.2. The average Bonchev–Trinajstić information content (AvgIpc) is 3.80. The maximum absolute atomic E-state index is 13.3. The van der Waals surface area contributed by atoms with Crippen LogP contribution in [0.25, 0.3) is 0 Å². The first-order chi connectivity index (χ1) is 20.0. The van der Waals surface area contributed by atoms with Gasteiger partial charge in [0.15, 0.2) is 16.9 Å². The van der Waals surface area contributed by atoms with Crippen molar-refractivity contribution >= 4 is 22.5 Å². The van der Waals surface area contributed by atoms with Crippen LogP contribution in [0.4, 0.5) is 0 Å². The summed E-state index contributed by atoms with van der Waals surface area (Å²) in [6, 6.07) is 8.52. The molecule has 1 saturated carbocycles. The fourth-order valence-corrected chi connectivity index (χ4v) is 6.06. The normalized spacial score (nSPS) is 24.1. The van der Waals surface area contributed by atoms with E-state index in [9.17, 15) is 14.3 Å². The number of nitriles is 1. The molecule has 0 radical (unpaired) electrons. The van der Waals surface area contributed by atoms with Gasteiger partial charge in [0.05, 0.1) is 34.5 Å². The van der Waals surface area contributed by atoms with Gasteiger partial charge in [-0.25, -0.2) is 4.98 Å². The number of pyridine rings is 2. The summed E-state index contributed by atoms with van der Waals surface area (Å²) in [6.45, 7) is 11.1. The Balaban J connectivity index is 1.41. The monoisotopic (exact) mass is 589 g/mol. The van der Waals surface area contributed by atoms with Crippen LogP contribution in [0.5, 0.6) is 5.75 Å². The average molecular weight is 590 g/mol. The summed E-state index contributed by atoms with van der Waals surface area (Å²) in [5.41, 5.74) is 2.80. The van der Waals surface area contributed by atoms with Gasteiger partial charge in [-0.1, -0.05) is 12.1 Å². The Labute approximate surface area is 250 Å². The van der Waals surface area contributed by atoms with E-state index in [1.54, 1.807) is 19.9 Å². The lowest BCUT2D eigenvalue weighted by atomic mass is 9.88. The lowest BCUT2D eigenvalue weighted by Crippen LogP contribution is -2.50. The molecule has 42 heavy (non-hydrogen) atoms. The third-order valence-corrected chi connectivity index (χ3v) is 8.77. The second kappa shape index (κ2) is 12.4. The topological polar surface area (TPSA) is 133 Å². The molecular formula is C31H39N7O3S. The van der Waals surface area contributed by atoms with E-state index in [-0.39, 0.29) is 17.3 Å². The first-order valence-electron chi connectivity index (χ1n) is 14.5. The van der Waals surface area contributed by atoms with Gasteiger partial charge < -0.3 is 15.4 Å². The molecule has 11 heteroatoms. The maximum atomic E-state index is 13.3. The van der Waals surface area contributed by atoms with Gasteiger partial charge in [-0.15, -0.1) is 0 Å². The van der Waals surface area contributed by atoms with Gasteiger partial charge in [0.1, 0.15) is 11.5 Å². The van der Waals surface area contributed by atoms with E-state index >= 15 is 0 Å². The van der Waals surface area contributed by atoms with Crippen molar-refractivity contribution in [3.8, 4) is 11.8 Å². The Hall–Kier alpha value is -3.46. The molecule has 0 bridgehead atoms. The number of nitrogens with zero attached hydrogens (tertiary/aromatic N) is 5. The molecule has 5 rings (SSSR count). The van der Waals surface area contributed by atoms with E-state index in [4.69, 9.17) is 9.72 Å². The van der Waals surface area contributed by atoms with Crippen molar-refractivity contribution < 1.29 is 13.7 Å². The number of dihydropyridines is 1. The second-order valence-corrected chi connectivity index (χ2v) is 13.2. The predicted molar refractivity (Wildman–Crippen MR) is 162 cm³/mol. The van der Waals surface area contributed by atoms with Crippen molar-refractivity contribution in [2.75, 3.05) is 39.0 Å². The lowest BCUT2D eigenvalue weighted by molar-refractivity contribution is 0.0968. The number of carbonyl (C=O) groups is 1.